The molecule has 0 saturated heterocycles. The van der Waals surface area contributed by atoms with E-state index in [1.165, 1.54) is 5.56 Å². The van der Waals surface area contributed by atoms with Crippen molar-refractivity contribution in [2.45, 2.75) is 18.8 Å². The molecule has 1 N–H and O–H groups in total. The minimum Gasteiger partial charge on any atom is -0.508 e. The molecule has 0 aliphatic heterocycles. The second-order valence-corrected chi connectivity index (χ2v) is 4.95. The standard InChI is InChI=1S/C16H13ClO/c17-15-9-3-5-11-4-2-8-14(16(11)15)12-6-1-7-13(18)10-12/h1,3,5-7,9-10,14,18H,2,4H2. The third-order valence-corrected chi connectivity index (χ3v) is 3.71. The summed E-state index contributed by atoms with van der Waals surface area (Å²) in [6, 6.07) is 13.4. The van der Waals surface area contributed by atoms with Gasteiger partial charge in [-0.2, -0.15) is 0 Å². The summed E-state index contributed by atoms with van der Waals surface area (Å²) in [7, 11) is 0. The molecule has 0 heterocycles. The van der Waals surface area contributed by atoms with Crippen LogP contribution in [-0.2, 0) is 6.42 Å². The van der Waals surface area contributed by atoms with Crippen LogP contribution in [0.2, 0.25) is 5.02 Å². The maximum absolute atomic E-state index is 9.60. The fraction of sp³-hybridized carbons (Fsp3) is 0.188. The largest absolute Gasteiger partial charge is 0.508 e. The molecule has 3 rings (SSSR count). The number of phenols is 1. The van der Waals surface area contributed by atoms with Crippen molar-refractivity contribution in [2.24, 2.45) is 0 Å². The molecule has 1 aliphatic carbocycles. The molecule has 2 radical (unpaired) electrons. The highest BCUT2D eigenvalue weighted by atomic mass is 35.5. The topological polar surface area (TPSA) is 20.2 Å². The molecule has 18 heavy (non-hydrogen) atoms. The first kappa shape index (κ1) is 11.6. The maximum atomic E-state index is 9.60. The van der Waals surface area contributed by atoms with Gasteiger partial charge >= 0.3 is 0 Å². The first-order valence-electron chi connectivity index (χ1n) is 6.05. The summed E-state index contributed by atoms with van der Waals surface area (Å²) in [4.78, 5) is 0. The van der Waals surface area contributed by atoms with Gasteiger partial charge in [-0.15, -0.1) is 0 Å². The maximum Gasteiger partial charge on any atom is 0.115 e. The molecular weight excluding hydrogens is 244 g/mol. The predicted molar refractivity (Wildman–Crippen MR) is 73.0 cm³/mol. The van der Waals surface area contributed by atoms with Crippen LogP contribution in [0.3, 0.4) is 0 Å². The number of benzene rings is 2. The Balaban J connectivity index is 2.11. The quantitative estimate of drug-likeness (QED) is 0.811. The molecule has 2 aromatic rings. The highest BCUT2D eigenvalue weighted by Gasteiger charge is 2.24. The summed E-state index contributed by atoms with van der Waals surface area (Å²) >= 11 is 6.32. The Morgan fingerprint density at radius 3 is 2.83 bits per heavy atom. The average molecular weight is 257 g/mol. The molecule has 0 aromatic heterocycles. The molecule has 0 bridgehead atoms. The summed E-state index contributed by atoms with van der Waals surface area (Å²) < 4.78 is 0. The number of fused-ring (bicyclic) bond motifs is 1. The van der Waals surface area contributed by atoms with Gasteiger partial charge in [-0.3, -0.25) is 0 Å². The fourth-order valence-electron chi connectivity index (χ4n) is 2.57. The van der Waals surface area contributed by atoms with Crippen LogP contribution in [0.1, 0.15) is 29.0 Å². The average Bonchev–Trinajstić information content (AvgIpc) is 2.38. The second-order valence-electron chi connectivity index (χ2n) is 4.54. The Hall–Kier alpha value is -1.47. The second kappa shape index (κ2) is 4.66. The zero-order chi connectivity index (χ0) is 12.5. The van der Waals surface area contributed by atoms with Crippen molar-refractivity contribution in [3.8, 4) is 5.75 Å². The van der Waals surface area contributed by atoms with Gasteiger partial charge in [-0.1, -0.05) is 35.9 Å². The molecule has 0 amide bonds. The van der Waals surface area contributed by atoms with E-state index in [2.05, 4.69) is 12.5 Å². The lowest BCUT2D eigenvalue weighted by Gasteiger charge is -2.26. The summed E-state index contributed by atoms with van der Waals surface area (Å²) in [5.41, 5.74) is 3.47. The Kier molecular flexibility index (Phi) is 3.00. The third-order valence-electron chi connectivity index (χ3n) is 3.38. The summed E-state index contributed by atoms with van der Waals surface area (Å²) in [6.07, 6.45) is 5.38. The molecule has 2 heteroatoms. The third kappa shape index (κ3) is 1.99. The molecule has 0 spiro atoms. The first-order chi connectivity index (χ1) is 8.75. The van der Waals surface area contributed by atoms with Crippen LogP contribution in [0.5, 0.6) is 5.75 Å². The SMILES string of the molecule is Oc1cccc(C2[C]CCc3cccc(Cl)c32)c1. The van der Waals surface area contributed by atoms with Gasteiger partial charge < -0.3 is 5.11 Å². The van der Waals surface area contributed by atoms with Gasteiger partial charge in [0.05, 0.1) is 0 Å². The van der Waals surface area contributed by atoms with Crippen LogP contribution in [0.25, 0.3) is 0 Å². The summed E-state index contributed by atoms with van der Waals surface area (Å²) in [5.74, 6) is 0.350. The van der Waals surface area contributed by atoms with Crippen molar-refractivity contribution in [3.63, 3.8) is 0 Å². The molecular formula is C16H13ClO. The van der Waals surface area contributed by atoms with Crippen LogP contribution in [-0.4, -0.2) is 5.11 Å². The Morgan fingerprint density at radius 1 is 1.17 bits per heavy atom. The van der Waals surface area contributed by atoms with Crippen LogP contribution in [0.15, 0.2) is 42.5 Å². The van der Waals surface area contributed by atoms with Gasteiger partial charge in [0.15, 0.2) is 0 Å². The lowest BCUT2D eigenvalue weighted by Crippen LogP contribution is -2.12. The Bertz CT molecular complexity index is 577. The lowest BCUT2D eigenvalue weighted by atomic mass is 9.79. The van der Waals surface area contributed by atoms with Gasteiger partial charge in [0.25, 0.3) is 0 Å². The molecule has 1 atom stereocenters. The van der Waals surface area contributed by atoms with E-state index >= 15 is 0 Å². The van der Waals surface area contributed by atoms with Crippen molar-refractivity contribution in [3.05, 3.63) is 70.6 Å². The van der Waals surface area contributed by atoms with E-state index in [9.17, 15) is 5.11 Å². The number of hydrogen-bond acceptors (Lipinski definition) is 1. The Labute approximate surface area is 112 Å². The van der Waals surface area contributed by atoms with Gasteiger partial charge in [0.1, 0.15) is 5.75 Å². The Morgan fingerprint density at radius 2 is 2.00 bits per heavy atom. The number of hydrogen-bond donors (Lipinski definition) is 1. The van der Waals surface area contributed by atoms with Crippen LogP contribution in [0.4, 0.5) is 0 Å². The van der Waals surface area contributed by atoms with E-state index in [0.717, 1.165) is 29.0 Å². The number of phenolic OH excluding ortho intramolecular Hbond substituents is 1. The van der Waals surface area contributed by atoms with Gasteiger partial charge in [-0.05, 0) is 54.2 Å². The van der Waals surface area contributed by atoms with Gasteiger partial charge in [0.2, 0.25) is 0 Å². The van der Waals surface area contributed by atoms with Crippen molar-refractivity contribution in [1.82, 2.24) is 0 Å². The van der Waals surface area contributed by atoms with Crippen LogP contribution in [0, 0.1) is 6.42 Å². The number of aromatic hydroxyl groups is 1. The van der Waals surface area contributed by atoms with E-state index in [0.29, 0.717) is 0 Å². The van der Waals surface area contributed by atoms with Crippen molar-refractivity contribution in [2.75, 3.05) is 0 Å². The smallest absolute Gasteiger partial charge is 0.115 e. The minimum absolute atomic E-state index is 0.0644. The molecule has 1 nitrogen and oxygen atoms in total. The molecule has 90 valence electrons. The zero-order valence-corrected chi connectivity index (χ0v) is 10.6. The molecule has 1 unspecified atom stereocenters. The monoisotopic (exact) mass is 256 g/mol. The summed E-state index contributed by atoms with van der Waals surface area (Å²) in [6.45, 7) is 0. The van der Waals surface area contributed by atoms with E-state index in [-0.39, 0.29) is 11.7 Å². The van der Waals surface area contributed by atoms with E-state index in [1.54, 1.807) is 12.1 Å². The highest BCUT2D eigenvalue weighted by Crippen LogP contribution is 2.40. The first-order valence-corrected chi connectivity index (χ1v) is 6.43. The van der Waals surface area contributed by atoms with Gasteiger partial charge in [-0.25, -0.2) is 0 Å². The van der Waals surface area contributed by atoms with Crippen molar-refractivity contribution < 1.29 is 5.11 Å². The van der Waals surface area contributed by atoms with Gasteiger partial charge in [0, 0.05) is 10.9 Å². The fourth-order valence-corrected chi connectivity index (χ4v) is 2.87. The predicted octanol–water partition coefficient (Wildman–Crippen LogP) is 4.20. The molecule has 2 aromatic carbocycles. The number of halogens is 1. The minimum atomic E-state index is 0.0644. The van der Waals surface area contributed by atoms with Crippen molar-refractivity contribution in [1.29, 1.82) is 0 Å². The van der Waals surface area contributed by atoms with Crippen LogP contribution >= 0.6 is 11.6 Å². The van der Waals surface area contributed by atoms with Crippen molar-refractivity contribution >= 4 is 11.6 Å². The van der Waals surface area contributed by atoms with E-state index < -0.39 is 0 Å². The lowest BCUT2D eigenvalue weighted by molar-refractivity contribution is 0.474. The molecule has 1 aliphatic rings. The zero-order valence-electron chi connectivity index (χ0n) is 9.86. The highest BCUT2D eigenvalue weighted by molar-refractivity contribution is 6.31. The molecule has 0 saturated carbocycles. The number of rotatable bonds is 1. The number of aryl methyl sites for hydroxylation is 1. The normalized spacial score (nSPS) is 18.4. The van der Waals surface area contributed by atoms with E-state index in [4.69, 9.17) is 11.6 Å². The van der Waals surface area contributed by atoms with Crippen LogP contribution < -0.4 is 0 Å². The summed E-state index contributed by atoms with van der Waals surface area (Å²) in [5, 5.41) is 10.4. The molecule has 0 fully saturated rings. The van der Waals surface area contributed by atoms with E-state index in [1.807, 2.05) is 24.3 Å².